The van der Waals surface area contributed by atoms with Crippen LogP contribution in [0.4, 0.5) is 0 Å². The van der Waals surface area contributed by atoms with Crippen molar-refractivity contribution in [2.24, 2.45) is 0 Å². The lowest BCUT2D eigenvalue weighted by molar-refractivity contribution is 1.11. The maximum Gasteiger partial charge on any atom is 0.162 e. The molecule has 0 fully saturated rings. The second-order valence-electron chi connectivity index (χ2n) is 3.14. The molecular weight excluding hydrogens is 231 g/mol. The molecule has 0 aliphatic rings. The number of nitrogens with zero attached hydrogens (tertiary/aromatic N) is 2. The number of aryl methyl sites for hydroxylation is 1. The third-order valence-corrected chi connectivity index (χ3v) is 2.46. The van der Waals surface area contributed by atoms with Crippen molar-refractivity contribution >= 4 is 23.2 Å². The van der Waals surface area contributed by atoms with Crippen LogP contribution in [-0.4, -0.2) is 9.97 Å². The Hall–Kier alpha value is -1.12. The Balaban J connectivity index is 2.59. The fraction of sp³-hybridized carbons (Fsp3) is 0.0909. The fourth-order valence-corrected chi connectivity index (χ4v) is 1.75. The first-order valence-corrected chi connectivity index (χ1v) is 5.18. The molecular formula is C11H8Cl2N2. The highest BCUT2D eigenvalue weighted by atomic mass is 35.5. The molecule has 1 aromatic heterocycles. The van der Waals surface area contributed by atoms with Crippen molar-refractivity contribution in [2.45, 2.75) is 6.92 Å². The van der Waals surface area contributed by atoms with Crippen LogP contribution in [0.25, 0.3) is 11.4 Å². The zero-order valence-corrected chi connectivity index (χ0v) is 9.55. The van der Waals surface area contributed by atoms with E-state index in [0.717, 1.165) is 11.3 Å². The molecule has 1 heterocycles. The molecule has 2 nitrogen and oxygen atoms in total. The van der Waals surface area contributed by atoms with Crippen LogP contribution in [0.5, 0.6) is 0 Å². The summed E-state index contributed by atoms with van der Waals surface area (Å²) in [5.41, 5.74) is 1.62. The van der Waals surface area contributed by atoms with Crippen molar-refractivity contribution in [3.05, 3.63) is 46.2 Å². The second-order valence-corrected chi connectivity index (χ2v) is 3.93. The summed E-state index contributed by atoms with van der Waals surface area (Å²) >= 11 is 11.9. The van der Waals surface area contributed by atoms with Crippen molar-refractivity contribution in [2.75, 3.05) is 0 Å². The molecule has 4 heteroatoms. The zero-order valence-electron chi connectivity index (χ0n) is 8.04. The lowest BCUT2D eigenvalue weighted by Crippen LogP contribution is -1.92. The topological polar surface area (TPSA) is 25.8 Å². The second kappa shape index (κ2) is 4.17. The third-order valence-electron chi connectivity index (χ3n) is 1.94. The van der Waals surface area contributed by atoms with E-state index in [1.54, 1.807) is 12.1 Å². The van der Waals surface area contributed by atoms with Crippen molar-refractivity contribution in [1.82, 2.24) is 9.97 Å². The van der Waals surface area contributed by atoms with Gasteiger partial charge in [0.2, 0.25) is 0 Å². The first-order valence-electron chi connectivity index (χ1n) is 4.43. The molecule has 0 radical (unpaired) electrons. The van der Waals surface area contributed by atoms with Crippen LogP contribution < -0.4 is 0 Å². The minimum atomic E-state index is 0.428. The van der Waals surface area contributed by atoms with Crippen LogP contribution in [-0.2, 0) is 0 Å². The van der Waals surface area contributed by atoms with Gasteiger partial charge in [0.05, 0.1) is 5.02 Å². The SMILES string of the molecule is Cc1cc(Cl)nc(-c2ccccc2Cl)n1. The van der Waals surface area contributed by atoms with Crippen LogP contribution in [0.15, 0.2) is 30.3 Å². The monoisotopic (exact) mass is 238 g/mol. The lowest BCUT2D eigenvalue weighted by atomic mass is 10.2. The van der Waals surface area contributed by atoms with Crippen LogP contribution in [0.2, 0.25) is 10.2 Å². The molecule has 0 atom stereocenters. The van der Waals surface area contributed by atoms with Crippen LogP contribution >= 0.6 is 23.2 Å². The van der Waals surface area contributed by atoms with Gasteiger partial charge >= 0.3 is 0 Å². The van der Waals surface area contributed by atoms with Crippen molar-refractivity contribution in [1.29, 1.82) is 0 Å². The third kappa shape index (κ3) is 2.28. The van der Waals surface area contributed by atoms with E-state index in [2.05, 4.69) is 9.97 Å². The molecule has 0 N–H and O–H groups in total. The molecule has 15 heavy (non-hydrogen) atoms. The van der Waals surface area contributed by atoms with E-state index in [9.17, 15) is 0 Å². The maximum atomic E-state index is 6.04. The van der Waals surface area contributed by atoms with Gasteiger partial charge in [-0.3, -0.25) is 0 Å². The summed E-state index contributed by atoms with van der Waals surface area (Å²) in [7, 11) is 0. The lowest BCUT2D eigenvalue weighted by Gasteiger charge is -2.03. The summed E-state index contributed by atoms with van der Waals surface area (Å²) in [6.45, 7) is 1.87. The Morgan fingerprint density at radius 3 is 2.47 bits per heavy atom. The summed E-state index contributed by atoms with van der Waals surface area (Å²) in [4.78, 5) is 8.42. The van der Waals surface area contributed by atoms with Crippen LogP contribution in [0.1, 0.15) is 5.69 Å². The highest BCUT2D eigenvalue weighted by Gasteiger charge is 2.06. The number of aromatic nitrogens is 2. The number of rotatable bonds is 1. The Morgan fingerprint density at radius 1 is 1.07 bits per heavy atom. The van der Waals surface area contributed by atoms with E-state index in [0.29, 0.717) is 16.0 Å². The smallest absolute Gasteiger partial charge is 0.162 e. The van der Waals surface area contributed by atoms with Crippen molar-refractivity contribution in [3.63, 3.8) is 0 Å². The minimum absolute atomic E-state index is 0.428. The molecule has 2 rings (SSSR count). The maximum absolute atomic E-state index is 6.04. The van der Waals surface area contributed by atoms with E-state index < -0.39 is 0 Å². The first-order chi connectivity index (χ1) is 7.16. The quantitative estimate of drug-likeness (QED) is 0.708. The molecule has 0 saturated carbocycles. The number of hydrogen-bond acceptors (Lipinski definition) is 2. The van der Waals surface area contributed by atoms with Gasteiger partial charge in [-0.1, -0.05) is 35.3 Å². The number of hydrogen-bond donors (Lipinski definition) is 0. The van der Waals surface area contributed by atoms with E-state index >= 15 is 0 Å². The van der Waals surface area contributed by atoms with E-state index in [-0.39, 0.29) is 0 Å². The molecule has 0 amide bonds. The zero-order chi connectivity index (χ0) is 10.8. The molecule has 0 spiro atoms. The van der Waals surface area contributed by atoms with Crippen molar-refractivity contribution in [3.8, 4) is 11.4 Å². The number of halogens is 2. The fourth-order valence-electron chi connectivity index (χ4n) is 1.29. The number of benzene rings is 1. The van der Waals surface area contributed by atoms with Crippen LogP contribution in [0.3, 0.4) is 0 Å². The van der Waals surface area contributed by atoms with E-state index in [1.165, 1.54) is 0 Å². The molecule has 0 saturated heterocycles. The Morgan fingerprint density at radius 2 is 1.80 bits per heavy atom. The first kappa shape index (κ1) is 10.4. The van der Waals surface area contributed by atoms with Gasteiger partial charge in [-0.05, 0) is 25.1 Å². The van der Waals surface area contributed by atoms with Crippen LogP contribution in [0, 0.1) is 6.92 Å². The predicted molar refractivity (Wildman–Crippen MR) is 62.2 cm³/mol. The molecule has 0 aliphatic heterocycles. The van der Waals surface area contributed by atoms with E-state index in [4.69, 9.17) is 23.2 Å². The standard InChI is InChI=1S/C11H8Cl2N2/c1-7-6-10(13)15-11(14-7)8-4-2-3-5-9(8)12/h2-6H,1H3. The van der Waals surface area contributed by atoms with Gasteiger partial charge in [0.15, 0.2) is 5.82 Å². The van der Waals surface area contributed by atoms with Gasteiger partial charge in [-0.15, -0.1) is 0 Å². The Labute approximate surface area is 97.9 Å². The Bertz CT molecular complexity index is 477. The van der Waals surface area contributed by atoms with Gasteiger partial charge in [0, 0.05) is 11.3 Å². The summed E-state index contributed by atoms with van der Waals surface area (Å²) in [6.07, 6.45) is 0. The van der Waals surface area contributed by atoms with Gasteiger partial charge in [0.25, 0.3) is 0 Å². The molecule has 0 bridgehead atoms. The summed E-state index contributed by atoms with van der Waals surface area (Å²) < 4.78 is 0. The summed E-state index contributed by atoms with van der Waals surface area (Å²) in [5.74, 6) is 0.561. The van der Waals surface area contributed by atoms with Gasteiger partial charge in [-0.2, -0.15) is 0 Å². The van der Waals surface area contributed by atoms with Gasteiger partial charge in [0.1, 0.15) is 5.15 Å². The predicted octanol–water partition coefficient (Wildman–Crippen LogP) is 3.76. The van der Waals surface area contributed by atoms with E-state index in [1.807, 2.05) is 25.1 Å². The average molecular weight is 239 g/mol. The normalized spacial score (nSPS) is 10.3. The minimum Gasteiger partial charge on any atom is -0.233 e. The Kier molecular flexibility index (Phi) is 2.89. The largest absolute Gasteiger partial charge is 0.233 e. The molecule has 0 aliphatic carbocycles. The molecule has 0 unspecified atom stereocenters. The molecule has 76 valence electrons. The summed E-state index contributed by atoms with van der Waals surface area (Å²) in [5, 5.41) is 1.05. The highest BCUT2D eigenvalue weighted by molar-refractivity contribution is 6.33. The molecule has 1 aromatic carbocycles. The highest BCUT2D eigenvalue weighted by Crippen LogP contribution is 2.25. The van der Waals surface area contributed by atoms with Gasteiger partial charge in [-0.25, -0.2) is 9.97 Å². The van der Waals surface area contributed by atoms with Crippen molar-refractivity contribution < 1.29 is 0 Å². The summed E-state index contributed by atoms with van der Waals surface area (Å²) in [6, 6.07) is 9.13. The molecule has 2 aromatic rings. The van der Waals surface area contributed by atoms with Gasteiger partial charge < -0.3 is 0 Å². The average Bonchev–Trinajstić information content (AvgIpc) is 2.16.